The number of rotatable bonds is 4. The van der Waals surface area contributed by atoms with Crippen LogP contribution in [0.1, 0.15) is 15.9 Å². The van der Waals surface area contributed by atoms with Gasteiger partial charge in [-0.2, -0.15) is 5.10 Å². The van der Waals surface area contributed by atoms with Crippen molar-refractivity contribution < 1.29 is 4.79 Å². The number of hydrogen-bond donors (Lipinski definition) is 1. The van der Waals surface area contributed by atoms with Crippen molar-refractivity contribution in [2.24, 2.45) is 5.10 Å². The Morgan fingerprint density at radius 1 is 1.05 bits per heavy atom. The Balaban J connectivity index is 1.63. The van der Waals surface area contributed by atoms with Crippen LogP contribution in [-0.4, -0.2) is 12.1 Å². The van der Waals surface area contributed by atoms with E-state index < -0.39 is 0 Å². The number of nitrogens with one attached hydrogen (secondary N) is 1. The van der Waals surface area contributed by atoms with E-state index in [0.29, 0.717) is 5.56 Å². The number of thiophene rings is 1. The molecule has 0 saturated carbocycles. The van der Waals surface area contributed by atoms with Crippen molar-refractivity contribution in [1.82, 2.24) is 5.43 Å². The Morgan fingerprint density at radius 3 is 2.68 bits per heavy atom. The van der Waals surface area contributed by atoms with Gasteiger partial charge in [0.25, 0.3) is 5.91 Å². The highest BCUT2D eigenvalue weighted by atomic mass is 32.1. The highest BCUT2D eigenvalue weighted by molar-refractivity contribution is 7.17. The molecule has 0 atom stereocenters. The van der Waals surface area contributed by atoms with Crippen LogP contribution in [0, 0.1) is 0 Å². The van der Waals surface area contributed by atoms with Crippen LogP contribution in [0.5, 0.6) is 0 Å². The number of amides is 1. The van der Waals surface area contributed by atoms with E-state index in [2.05, 4.69) is 10.5 Å². The van der Waals surface area contributed by atoms with Crippen LogP contribution in [0.3, 0.4) is 0 Å². The lowest BCUT2D eigenvalue weighted by Crippen LogP contribution is -2.16. The van der Waals surface area contributed by atoms with Crippen molar-refractivity contribution in [3.05, 3.63) is 77.2 Å². The Morgan fingerprint density at radius 2 is 1.82 bits per heavy atom. The molecule has 0 radical (unpaired) electrons. The fourth-order valence-corrected chi connectivity index (χ4v) is 3.01. The lowest BCUT2D eigenvalue weighted by atomic mass is 10.2. The Kier molecular flexibility index (Phi) is 4.41. The summed E-state index contributed by atoms with van der Waals surface area (Å²) in [5.41, 5.74) is 4.29. The molecule has 108 valence electrons. The summed E-state index contributed by atoms with van der Waals surface area (Å²) in [6, 6.07) is 17.8. The first-order valence-corrected chi connectivity index (χ1v) is 7.74. The molecule has 0 fully saturated rings. The monoisotopic (exact) mass is 306 g/mol. The summed E-state index contributed by atoms with van der Waals surface area (Å²) < 4.78 is 1.10. The second kappa shape index (κ2) is 6.83. The minimum Gasteiger partial charge on any atom is -0.267 e. The predicted molar refractivity (Wildman–Crippen MR) is 93.3 cm³/mol. The van der Waals surface area contributed by atoms with Crippen molar-refractivity contribution in [1.29, 1.82) is 0 Å². The van der Waals surface area contributed by atoms with Gasteiger partial charge in [0.1, 0.15) is 0 Å². The van der Waals surface area contributed by atoms with E-state index in [0.717, 1.165) is 15.6 Å². The van der Waals surface area contributed by atoms with Gasteiger partial charge in [-0.3, -0.25) is 4.79 Å². The SMILES string of the molecule is O=C(NN=CC=Cc1ccccc1)c1csc2ccccc12. The van der Waals surface area contributed by atoms with Crippen LogP contribution < -0.4 is 5.43 Å². The Hall–Kier alpha value is -2.72. The van der Waals surface area contributed by atoms with Crippen LogP contribution in [0.25, 0.3) is 16.2 Å². The molecule has 2 aromatic carbocycles. The molecular weight excluding hydrogens is 292 g/mol. The van der Waals surface area contributed by atoms with Gasteiger partial charge in [0, 0.05) is 21.7 Å². The van der Waals surface area contributed by atoms with Crippen LogP contribution >= 0.6 is 11.3 Å². The Bertz CT molecular complexity index is 834. The van der Waals surface area contributed by atoms with E-state index in [1.807, 2.05) is 66.1 Å². The molecule has 0 spiro atoms. The van der Waals surface area contributed by atoms with E-state index in [4.69, 9.17) is 0 Å². The number of carbonyl (C=O) groups is 1. The lowest BCUT2D eigenvalue weighted by Gasteiger charge is -1.97. The topological polar surface area (TPSA) is 41.5 Å². The van der Waals surface area contributed by atoms with E-state index in [1.165, 1.54) is 0 Å². The zero-order chi connectivity index (χ0) is 15.2. The van der Waals surface area contributed by atoms with E-state index >= 15 is 0 Å². The number of carbonyl (C=O) groups excluding carboxylic acids is 1. The van der Waals surface area contributed by atoms with Gasteiger partial charge >= 0.3 is 0 Å². The first kappa shape index (κ1) is 14.2. The third kappa shape index (κ3) is 3.30. The zero-order valence-corrected chi connectivity index (χ0v) is 12.6. The van der Waals surface area contributed by atoms with Gasteiger partial charge in [0.15, 0.2) is 0 Å². The molecule has 1 amide bonds. The first-order chi connectivity index (χ1) is 10.8. The third-order valence-corrected chi connectivity index (χ3v) is 4.10. The van der Waals surface area contributed by atoms with Gasteiger partial charge in [-0.15, -0.1) is 11.3 Å². The second-order valence-electron chi connectivity index (χ2n) is 4.63. The number of fused-ring (bicyclic) bond motifs is 1. The summed E-state index contributed by atoms with van der Waals surface area (Å²) in [6.07, 6.45) is 5.29. The van der Waals surface area contributed by atoms with Gasteiger partial charge in [-0.1, -0.05) is 54.6 Å². The van der Waals surface area contributed by atoms with Crippen LogP contribution in [0.15, 0.2) is 71.2 Å². The molecule has 0 unspecified atom stereocenters. The minimum atomic E-state index is -0.193. The van der Waals surface area contributed by atoms with Gasteiger partial charge < -0.3 is 0 Å². The molecule has 0 saturated heterocycles. The van der Waals surface area contributed by atoms with E-state index in [9.17, 15) is 4.79 Å². The molecule has 1 aromatic heterocycles. The minimum absolute atomic E-state index is 0.193. The fraction of sp³-hybridized carbons (Fsp3) is 0. The van der Waals surface area contributed by atoms with E-state index in [-0.39, 0.29) is 5.91 Å². The zero-order valence-electron chi connectivity index (χ0n) is 11.8. The standard InChI is InChI=1S/C18H14N2OS/c21-18(16-13-22-17-11-5-4-10-15(16)17)20-19-12-6-9-14-7-2-1-3-8-14/h1-13H,(H,20,21). The van der Waals surface area contributed by atoms with Crippen LogP contribution in [0.4, 0.5) is 0 Å². The maximum Gasteiger partial charge on any atom is 0.272 e. The summed E-state index contributed by atoms with van der Waals surface area (Å²) in [5.74, 6) is -0.193. The van der Waals surface area contributed by atoms with Gasteiger partial charge in [-0.25, -0.2) is 5.43 Å². The number of benzene rings is 2. The molecule has 3 aromatic rings. The maximum absolute atomic E-state index is 12.1. The molecule has 4 heteroatoms. The summed E-state index contributed by atoms with van der Waals surface area (Å²) in [4.78, 5) is 12.1. The molecular formula is C18H14N2OS. The highest BCUT2D eigenvalue weighted by Gasteiger charge is 2.10. The van der Waals surface area contributed by atoms with Gasteiger partial charge in [0.2, 0.25) is 0 Å². The lowest BCUT2D eigenvalue weighted by molar-refractivity contribution is 0.0957. The summed E-state index contributed by atoms with van der Waals surface area (Å²) >= 11 is 1.56. The largest absolute Gasteiger partial charge is 0.272 e. The summed E-state index contributed by atoms with van der Waals surface area (Å²) in [6.45, 7) is 0. The summed E-state index contributed by atoms with van der Waals surface area (Å²) in [7, 11) is 0. The molecule has 0 bridgehead atoms. The molecule has 1 heterocycles. The van der Waals surface area contributed by atoms with Gasteiger partial charge in [-0.05, 0) is 17.7 Å². The average molecular weight is 306 g/mol. The number of hydrogen-bond acceptors (Lipinski definition) is 3. The van der Waals surface area contributed by atoms with Crippen molar-refractivity contribution in [2.45, 2.75) is 0 Å². The van der Waals surface area contributed by atoms with Crippen LogP contribution in [-0.2, 0) is 0 Å². The normalized spacial score (nSPS) is 11.5. The fourth-order valence-electron chi connectivity index (χ4n) is 2.07. The quantitative estimate of drug-likeness (QED) is 0.565. The van der Waals surface area contributed by atoms with E-state index in [1.54, 1.807) is 23.6 Å². The van der Waals surface area contributed by atoms with Gasteiger partial charge in [0.05, 0.1) is 5.56 Å². The smallest absolute Gasteiger partial charge is 0.267 e. The van der Waals surface area contributed by atoms with Crippen molar-refractivity contribution in [2.75, 3.05) is 0 Å². The first-order valence-electron chi connectivity index (χ1n) is 6.86. The third-order valence-electron chi connectivity index (χ3n) is 3.14. The molecule has 3 nitrogen and oxygen atoms in total. The van der Waals surface area contributed by atoms with Crippen molar-refractivity contribution in [3.8, 4) is 0 Å². The molecule has 1 N–H and O–H groups in total. The number of allylic oxidation sites excluding steroid dienone is 1. The molecule has 0 aliphatic carbocycles. The maximum atomic E-state index is 12.1. The number of nitrogens with zero attached hydrogens (tertiary/aromatic N) is 1. The summed E-state index contributed by atoms with van der Waals surface area (Å²) in [5, 5.41) is 6.76. The Labute approximate surface area is 132 Å². The predicted octanol–water partition coefficient (Wildman–Crippen LogP) is 4.33. The molecule has 3 rings (SSSR count). The van der Waals surface area contributed by atoms with Crippen molar-refractivity contribution >= 4 is 39.6 Å². The second-order valence-corrected chi connectivity index (χ2v) is 5.55. The molecule has 0 aliphatic rings. The average Bonchev–Trinajstić information content (AvgIpc) is 2.99. The highest BCUT2D eigenvalue weighted by Crippen LogP contribution is 2.25. The molecule has 22 heavy (non-hydrogen) atoms. The van der Waals surface area contributed by atoms with Crippen molar-refractivity contribution in [3.63, 3.8) is 0 Å². The number of hydrazone groups is 1. The van der Waals surface area contributed by atoms with Crippen LogP contribution in [0.2, 0.25) is 0 Å². The molecule has 0 aliphatic heterocycles.